The molecule has 0 atom stereocenters. The zero-order valence-electron chi connectivity index (χ0n) is 58.9. The molecular formula is C77H54N6OS. The fourth-order valence-electron chi connectivity index (χ4n) is 13.6. The second-order valence-corrected chi connectivity index (χ2v) is 25.1. The summed E-state index contributed by atoms with van der Waals surface area (Å²) in [6.07, 6.45) is 0. The van der Waals surface area contributed by atoms with Gasteiger partial charge >= 0.3 is 0 Å². The fraction of sp³-hybridized carbons (Fsp3) is 0.117. The highest BCUT2D eigenvalue weighted by atomic mass is 32.1. The third kappa shape index (κ3) is 6.63. The van der Waals surface area contributed by atoms with Gasteiger partial charge in [0.15, 0.2) is 5.58 Å². The molecule has 0 aliphatic heterocycles. The van der Waals surface area contributed by atoms with Crippen molar-refractivity contribution < 1.29 is 20.9 Å². The molecule has 0 radical (unpaired) electrons. The minimum absolute atomic E-state index is 0.191. The largest absolute Gasteiger partial charge is 0.454 e. The molecule has 0 aliphatic rings. The van der Waals surface area contributed by atoms with E-state index < -0.39 is 72.2 Å². The van der Waals surface area contributed by atoms with E-state index in [0.717, 1.165) is 74.6 Å². The van der Waals surface area contributed by atoms with E-state index in [9.17, 15) is 21.4 Å². The van der Waals surface area contributed by atoms with Crippen LogP contribution in [0.15, 0.2) is 204 Å². The monoisotopic (exact) mass is 1120 g/mol. The van der Waals surface area contributed by atoms with Crippen LogP contribution in [0.2, 0.25) is 0 Å². The second kappa shape index (κ2) is 17.3. The van der Waals surface area contributed by atoms with E-state index >= 15 is 0 Å². The molecule has 0 N–H and O–H groups in total. The van der Waals surface area contributed by atoms with Crippen molar-refractivity contribution in [2.75, 3.05) is 0 Å². The van der Waals surface area contributed by atoms with Gasteiger partial charge in [0.25, 0.3) is 0 Å². The van der Waals surface area contributed by atoms with Gasteiger partial charge in [0.05, 0.1) is 96.1 Å². The lowest BCUT2D eigenvalue weighted by Crippen LogP contribution is -2.15. The average molecular weight is 1120 g/mol. The Kier molecular flexibility index (Phi) is 7.84. The van der Waals surface area contributed by atoms with E-state index in [1.165, 1.54) is 4.57 Å². The highest BCUT2D eigenvalue weighted by molar-refractivity contribution is 7.26. The molecule has 6 heterocycles. The van der Waals surface area contributed by atoms with Crippen molar-refractivity contribution in [1.82, 2.24) is 18.3 Å². The number of thiophene rings is 1. The maximum Gasteiger partial charge on any atom is 0.237 e. The van der Waals surface area contributed by atoms with E-state index in [1.54, 1.807) is 11.3 Å². The van der Waals surface area contributed by atoms with Crippen LogP contribution in [0.25, 0.3) is 157 Å². The number of benzene rings is 11. The summed E-state index contributed by atoms with van der Waals surface area (Å²) in [4.78, 5) is 4.70. The molecule has 0 bridgehead atoms. The Morgan fingerprint density at radius 3 is 1.73 bits per heavy atom. The quantitative estimate of drug-likeness (QED) is 0.165. The van der Waals surface area contributed by atoms with Gasteiger partial charge in [-0.05, 0) is 102 Å². The van der Waals surface area contributed by atoms with Crippen LogP contribution >= 0.6 is 11.3 Å². The van der Waals surface area contributed by atoms with Crippen LogP contribution in [0.5, 0.6) is 0 Å². The van der Waals surface area contributed by atoms with Gasteiger partial charge in [-0.3, -0.25) is 0 Å². The van der Waals surface area contributed by atoms with E-state index in [1.807, 2.05) is 112 Å². The number of hydrogen-bond acceptors (Lipinski definition) is 3. The van der Waals surface area contributed by atoms with Gasteiger partial charge in [-0.25, -0.2) is 4.85 Å². The van der Waals surface area contributed by atoms with E-state index in [2.05, 4.69) is 94.6 Å². The van der Waals surface area contributed by atoms with Crippen molar-refractivity contribution >= 4 is 146 Å². The van der Waals surface area contributed by atoms with Crippen LogP contribution in [0.4, 0.5) is 5.69 Å². The molecular weight excluding hydrogens is 1060 g/mol. The minimum Gasteiger partial charge on any atom is -0.454 e. The molecule has 0 aliphatic carbocycles. The van der Waals surface area contributed by atoms with Crippen LogP contribution in [-0.2, 0) is 10.8 Å². The Morgan fingerprint density at radius 1 is 0.518 bits per heavy atom. The SMILES string of the molecule is [2H]c1c([2H])c([2H])c2c(oc3c2c([2H])c([2H])c2c4c([2H])c(C([2H])([2H])[2H])c([2H])c([2H])c4n(-c4c(C#N)c(-n5c6ccccc6c6ccccc65)c(-n5c6ccc(C(C)(C)C)cc6c6cc(C(C)(C)C)c7c8ccccc8sc7c65)c(-n5c6ccccc6c6ccccc65)c4[N+]#[C-])c32)c1[2H]. The fourth-order valence-corrected chi connectivity index (χ4v) is 14.9. The number of rotatable bonds is 4. The van der Waals surface area contributed by atoms with Gasteiger partial charge in [0, 0.05) is 73.4 Å². The number of fused-ring (bicyclic) bond motifs is 20. The summed E-state index contributed by atoms with van der Waals surface area (Å²) >= 11 is 1.66. The lowest BCUT2D eigenvalue weighted by atomic mass is 9.82. The van der Waals surface area contributed by atoms with E-state index in [4.69, 9.17) is 16.1 Å². The highest BCUT2D eigenvalue weighted by Gasteiger charge is 2.37. The first-order valence-corrected chi connectivity index (χ1v) is 28.9. The number of aromatic nitrogens is 4. The molecule has 6 aromatic heterocycles. The molecule has 7 nitrogen and oxygen atoms in total. The summed E-state index contributed by atoms with van der Waals surface area (Å²) in [7, 11) is 0. The maximum atomic E-state index is 13.2. The third-order valence-corrected chi connectivity index (χ3v) is 18.5. The standard InChI is InChI=1S/C77H54N6OS/c1-43-33-37-62-53(39-43)50-35-36-51-49-25-13-19-31-64(49)84-74(51)70(50)82(62)68-56(42-78)69(80-58-27-15-9-21-45(58)46-22-10-16-28-59(46)80)73(72(67(68)79-8)81-60-29-17-11-23-47(60)48-24-12-18-30-61(48)81)83-63-38-34-44(76(2,3)4)40-54(63)55-41-57(77(5,6)7)66-52-26-14-20-32-65(52)85-75(66)71(55)83/h9-41H,1-7H3/i1D3,13D,19D,25D,31D,33D,35D,36D,37D,39D. The molecule has 17 rings (SSSR count). The summed E-state index contributed by atoms with van der Waals surface area (Å²) in [6.45, 7) is 20.2. The smallest absolute Gasteiger partial charge is 0.237 e. The molecule has 0 fully saturated rings. The number of nitriles is 1. The topological polar surface area (TPSA) is 61.0 Å². The predicted octanol–water partition coefficient (Wildman–Crippen LogP) is 21.7. The van der Waals surface area contributed by atoms with Gasteiger partial charge in [0.2, 0.25) is 5.69 Å². The summed E-state index contributed by atoms with van der Waals surface area (Å²) < 4.78 is 129. The number of furan rings is 1. The number of para-hydroxylation sites is 5. The predicted molar refractivity (Wildman–Crippen MR) is 357 cm³/mol. The van der Waals surface area contributed by atoms with Gasteiger partial charge in [-0.1, -0.05) is 174 Å². The minimum atomic E-state index is -3.19. The third-order valence-electron chi connectivity index (χ3n) is 17.3. The van der Waals surface area contributed by atoms with Crippen molar-refractivity contribution in [2.45, 2.75) is 59.2 Å². The first-order valence-electron chi connectivity index (χ1n) is 34.1. The van der Waals surface area contributed by atoms with Crippen LogP contribution in [0.1, 0.15) is 80.2 Å². The van der Waals surface area contributed by atoms with Crippen molar-refractivity contribution in [3.05, 3.63) is 234 Å². The Balaban J connectivity index is 1.25. The summed E-state index contributed by atoms with van der Waals surface area (Å²) in [6, 6.07) is 45.1. The van der Waals surface area contributed by atoms with Crippen LogP contribution in [0, 0.1) is 24.8 Å². The highest BCUT2D eigenvalue weighted by Crippen LogP contribution is 2.55. The van der Waals surface area contributed by atoms with E-state index in [-0.39, 0.29) is 77.5 Å². The Labute approximate surface area is 510 Å². The molecule has 0 saturated carbocycles. The van der Waals surface area contributed by atoms with Crippen LogP contribution < -0.4 is 0 Å². The lowest BCUT2D eigenvalue weighted by molar-refractivity contribution is 0.591. The maximum absolute atomic E-state index is 13.2. The first kappa shape index (κ1) is 38.4. The molecule has 0 amide bonds. The molecule has 11 aromatic carbocycles. The molecule has 0 unspecified atom stereocenters. The van der Waals surface area contributed by atoms with Crippen molar-refractivity contribution in [3.8, 4) is 28.8 Å². The van der Waals surface area contributed by atoms with E-state index in [0.29, 0.717) is 27.8 Å². The lowest BCUT2D eigenvalue weighted by Gasteiger charge is -2.28. The Hall–Kier alpha value is -10.4. The van der Waals surface area contributed by atoms with Gasteiger partial charge < -0.3 is 22.7 Å². The van der Waals surface area contributed by atoms with Gasteiger partial charge in [-0.15, -0.1) is 11.3 Å². The molecule has 404 valence electrons. The zero-order chi connectivity index (χ0) is 67.9. The summed E-state index contributed by atoms with van der Waals surface area (Å²) in [5.74, 6) is 0. The molecule has 0 saturated heterocycles. The van der Waals surface area contributed by atoms with Crippen molar-refractivity contribution in [1.29, 1.82) is 5.26 Å². The zero-order valence-corrected chi connectivity index (χ0v) is 47.7. The average Bonchev–Trinajstić information content (AvgIpc) is 1.45. The second-order valence-electron chi connectivity index (χ2n) is 24.1. The number of hydrogen-bond donors (Lipinski definition) is 0. The molecule has 17 aromatic rings. The van der Waals surface area contributed by atoms with Gasteiger partial charge in [0.1, 0.15) is 11.7 Å². The van der Waals surface area contributed by atoms with Crippen LogP contribution in [0.3, 0.4) is 0 Å². The van der Waals surface area contributed by atoms with Crippen LogP contribution in [-0.4, -0.2) is 18.3 Å². The molecule has 8 heteroatoms. The summed E-state index contributed by atoms with van der Waals surface area (Å²) in [5, 5.41) is 19.1. The normalized spacial score (nSPS) is 14.8. The van der Waals surface area contributed by atoms with Gasteiger partial charge in [-0.2, -0.15) is 5.26 Å². The first-order chi connectivity index (χ1) is 46.3. The van der Waals surface area contributed by atoms with Crippen molar-refractivity contribution in [3.63, 3.8) is 0 Å². The summed E-state index contributed by atoms with van der Waals surface area (Å²) in [5.41, 5.74) is 3.58. The molecule has 0 spiro atoms. The molecule has 85 heavy (non-hydrogen) atoms. The number of nitrogens with zero attached hydrogens (tertiary/aromatic N) is 6. The Bertz CT molecular complexity index is 6350. The Morgan fingerprint density at radius 2 is 1.11 bits per heavy atom. The van der Waals surface area contributed by atoms with Crippen molar-refractivity contribution in [2.24, 2.45) is 0 Å².